The quantitative estimate of drug-likeness (QED) is 0.877. The number of aromatic nitrogens is 2. The van der Waals surface area contributed by atoms with Crippen LogP contribution in [0, 0.1) is 13.8 Å². The zero-order chi connectivity index (χ0) is 17.5. The fourth-order valence-electron chi connectivity index (χ4n) is 2.36. The summed E-state index contributed by atoms with van der Waals surface area (Å²) < 4.78 is 5.72. The Bertz CT molecular complexity index is 832. The molecule has 124 valence electrons. The van der Waals surface area contributed by atoms with Crippen LogP contribution in [-0.2, 0) is 4.79 Å². The van der Waals surface area contributed by atoms with E-state index in [4.69, 9.17) is 4.74 Å². The zero-order valence-electron chi connectivity index (χ0n) is 14.0. The van der Waals surface area contributed by atoms with E-state index in [1.807, 2.05) is 32.0 Å². The van der Waals surface area contributed by atoms with Crippen molar-refractivity contribution in [3.8, 4) is 11.6 Å². The molecule has 3 amide bonds. The van der Waals surface area contributed by atoms with Crippen LogP contribution in [0.2, 0.25) is 0 Å². The van der Waals surface area contributed by atoms with E-state index in [2.05, 4.69) is 15.3 Å². The van der Waals surface area contributed by atoms with Crippen molar-refractivity contribution >= 4 is 17.8 Å². The van der Waals surface area contributed by atoms with E-state index in [0.717, 1.165) is 16.0 Å². The summed E-state index contributed by atoms with van der Waals surface area (Å²) in [4.78, 5) is 33.4. The fraction of sp³-hybridized carbons (Fsp3) is 0.294. The Morgan fingerprint density at radius 3 is 2.46 bits per heavy atom. The highest BCUT2D eigenvalue weighted by molar-refractivity contribution is 6.22. The highest BCUT2D eigenvalue weighted by Gasteiger charge is 2.45. The van der Waals surface area contributed by atoms with Crippen molar-refractivity contribution < 1.29 is 14.3 Å². The van der Waals surface area contributed by atoms with Gasteiger partial charge in [-0.05, 0) is 51.0 Å². The lowest BCUT2D eigenvalue weighted by atomic mass is 10.1. The van der Waals surface area contributed by atoms with E-state index in [1.165, 1.54) is 12.4 Å². The van der Waals surface area contributed by atoms with Crippen LogP contribution in [-0.4, -0.2) is 27.4 Å². The number of carbonyl (C=O) groups is 2. The van der Waals surface area contributed by atoms with E-state index in [0.29, 0.717) is 5.75 Å². The molecule has 3 rings (SSSR count). The molecule has 1 fully saturated rings. The predicted molar refractivity (Wildman–Crippen MR) is 88.1 cm³/mol. The maximum atomic E-state index is 12.3. The molecule has 24 heavy (non-hydrogen) atoms. The number of carbonyl (C=O) groups excluding carboxylic acids is 2. The number of nitrogens with one attached hydrogen (secondary N) is 1. The first-order chi connectivity index (χ1) is 11.3. The van der Waals surface area contributed by atoms with Crippen LogP contribution in [0.25, 0.3) is 0 Å². The molecule has 2 aromatic rings. The Balaban J connectivity index is 1.88. The van der Waals surface area contributed by atoms with Gasteiger partial charge in [0.15, 0.2) is 5.82 Å². The van der Waals surface area contributed by atoms with Gasteiger partial charge in [-0.2, -0.15) is 0 Å². The monoisotopic (exact) mass is 326 g/mol. The van der Waals surface area contributed by atoms with Crippen molar-refractivity contribution in [2.75, 3.05) is 4.90 Å². The Labute approximate surface area is 139 Å². The second kappa shape index (κ2) is 5.59. The van der Waals surface area contributed by atoms with Crippen LogP contribution in [0.1, 0.15) is 25.0 Å². The highest BCUT2D eigenvalue weighted by Crippen LogP contribution is 2.27. The summed E-state index contributed by atoms with van der Waals surface area (Å²) in [5.41, 5.74) is 1.29. The first kappa shape index (κ1) is 15.9. The number of aryl methyl sites for hydroxylation is 2. The minimum Gasteiger partial charge on any atom is -0.439 e. The third-order valence-electron chi connectivity index (χ3n) is 3.92. The average molecular weight is 326 g/mol. The second-order valence-electron chi connectivity index (χ2n) is 6.26. The van der Waals surface area contributed by atoms with Crippen molar-refractivity contribution in [2.24, 2.45) is 0 Å². The summed E-state index contributed by atoms with van der Waals surface area (Å²) in [5, 5.41) is 2.61. The number of benzene rings is 1. The van der Waals surface area contributed by atoms with Crippen molar-refractivity contribution in [2.45, 2.75) is 33.2 Å². The number of rotatable bonds is 3. The molecular weight excluding hydrogens is 308 g/mol. The molecule has 1 aliphatic rings. The second-order valence-corrected chi connectivity index (χ2v) is 6.26. The molecule has 0 bridgehead atoms. The Hall–Kier alpha value is -2.96. The highest BCUT2D eigenvalue weighted by atomic mass is 16.5. The maximum absolute atomic E-state index is 12.3. The molecule has 0 saturated carbocycles. The van der Waals surface area contributed by atoms with Crippen LogP contribution >= 0.6 is 0 Å². The van der Waals surface area contributed by atoms with Gasteiger partial charge in [0.25, 0.3) is 5.91 Å². The summed E-state index contributed by atoms with van der Waals surface area (Å²) in [6.07, 6.45) is 1.26. The van der Waals surface area contributed by atoms with Crippen LogP contribution in [0.3, 0.4) is 0 Å². The van der Waals surface area contributed by atoms with Gasteiger partial charge >= 0.3 is 6.03 Å². The Morgan fingerprint density at radius 1 is 1.08 bits per heavy atom. The van der Waals surface area contributed by atoms with Gasteiger partial charge in [-0.1, -0.05) is 6.07 Å². The van der Waals surface area contributed by atoms with Crippen molar-refractivity contribution in [3.63, 3.8) is 0 Å². The predicted octanol–water partition coefficient (Wildman–Crippen LogP) is 2.72. The van der Waals surface area contributed by atoms with Crippen LogP contribution in [0.4, 0.5) is 10.6 Å². The van der Waals surface area contributed by atoms with Crippen molar-refractivity contribution in [1.29, 1.82) is 0 Å². The van der Waals surface area contributed by atoms with E-state index in [9.17, 15) is 9.59 Å². The van der Waals surface area contributed by atoms with E-state index < -0.39 is 11.6 Å². The van der Waals surface area contributed by atoms with Crippen LogP contribution < -0.4 is 15.0 Å². The Morgan fingerprint density at radius 2 is 1.83 bits per heavy atom. The number of imide groups is 1. The minimum absolute atomic E-state index is 0.178. The summed E-state index contributed by atoms with van der Waals surface area (Å²) in [5.74, 6) is 0.689. The van der Waals surface area contributed by atoms with Crippen molar-refractivity contribution in [1.82, 2.24) is 15.3 Å². The van der Waals surface area contributed by atoms with Crippen LogP contribution in [0.15, 0.2) is 30.6 Å². The standard InChI is InChI=1S/C17H18N4O3/c1-10-5-6-12(7-11(10)2)24-14-8-13(18-9-19-14)21-15(22)17(3,4)20-16(21)23/h5-9H,1-4H3,(H,20,23). The number of hydrogen-bond donors (Lipinski definition) is 1. The van der Waals surface area contributed by atoms with E-state index >= 15 is 0 Å². The molecule has 0 atom stereocenters. The number of anilines is 1. The average Bonchev–Trinajstić information content (AvgIpc) is 2.71. The lowest BCUT2D eigenvalue weighted by Crippen LogP contribution is -2.40. The first-order valence-electron chi connectivity index (χ1n) is 7.52. The van der Waals surface area contributed by atoms with E-state index in [-0.39, 0.29) is 17.6 Å². The molecule has 7 nitrogen and oxygen atoms in total. The van der Waals surface area contributed by atoms with Gasteiger partial charge in [-0.15, -0.1) is 0 Å². The summed E-state index contributed by atoms with van der Waals surface area (Å²) >= 11 is 0. The molecular formula is C17H18N4O3. The van der Waals surface area contributed by atoms with Gasteiger partial charge in [0, 0.05) is 6.07 Å². The van der Waals surface area contributed by atoms with Gasteiger partial charge in [-0.25, -0.2) is 19.7 Å². The van der Waals surface area contributed by atoms with Gasteiger partial charge in [-0.3, -0.25) is 4.79 Å². The molecule has 7 heteroatoms. The summed E-state index contributed by atoms with van der Waals surface area (Å²) in [6.45, 7) is 7.28. The zero-order valence-corrected chi connectivity index (χ0v) is 14.0. The summed E-state index contributed by atoms with van der Waals surface area (Å²) in [6, 6.07) is 6.64. The Kier molecular flexibility index (Phi) is 3.71. The van der Waals surface area contributed by atoms with Gasteiger partial charge in [0.1, 0.15) is 17.6 Å². The topological polar surface area (TPSA) is 84.4 Å². The molecule has 1 saturated heterocycles. The SMILES string of the molecule is Cc1ccc(Oc2cc(N3C(=O)NC(C)(C)C3=O)ncn2)cc1C. The number of ether oxygens (including phenoxy) is 1. The minimum atomic E-state index is -0.961. The van der Waals surface area contributed by atoms with Gasteiger partial charge < -0.3 is 10.1 Å². The normalized spacial score (nSPS) is 16.2. The smallest absolute Gasteiger partial charge is 0.330 e. The lowest BCUT2D eigenvalue weighted by Gasteiger charge is -2.15. The number of urea groups is 1. The first-order valence-corrected chi connectivity index (χ1v) is 7.52. The molecule has 0 unspecified atom stereocenters. The van der Waals surface area contributed by atoms with Gasteiger partial charge in [0.05, 0.1) is 0 Å². The van der Waals surface area contributed by atoms with Gasteiger partial charge in [0.2, 0.25) is 5.88 Å². The van der Waals surface area contributed by atoms with Crippen LogP contribution in [0.5, 0.6) is 11.6 Å². The molecule has 1 aliphatic heterocycles. The molecule has 1 N–H and O–H groups in total. The number of amides is 3. The molecule has 0 aliphatic carbocycles. The molecule has 0 radical (unpaired) electrons. The summed E-state index contributed by atoms with van der Waals surface area (Å²) in [7, 11) is 0. The third-order valence-corrected chi connectivity index (χ3v) is 3.92. The van der Waals surface area contributed by atoms with Crippen molar-refractivity contribution in [3.05, 3.63) is 41.7 Å². The largest absolute Gasteiger partial charge is 0.439 e. The fourth-order valence-corrected chi connectivity index (χ4v) is 2.36. The number of hydrogen-bond acceptors (Lipinski definition) is 5. The molecule has 1 aromatic heterocycles. The lowest BCUT2D eigenvalue weighted by molar-refractivity contribution is -0.121. The maximum Gasteiger partial charge on any atom is 0.330 e. The third kappa shape index (κ3) is 2.80. The van der Waals surface area contributed by atoms with E-state index in [1.54, 1.807) is 13.8 Å². The molecule has 1 aromatic carbocycles. The molecule has 2 heterocycles. The molecule has 0 spiro atoms. The number of nitrogens with zero attached hydrogens (tertiary/aromatic N) is 3.